The van der Waals surface area contributed by atoms with Crippen molar-refractivity contribution in [2.24, 2.45) is 10.8 Å². The third kappa shape index (κ3) is 2.98. The maximum atomic E-state index is 2.58. The fourth-order valence-electron chi connectivity index (χ4n) is 2.74. The van der Waals surface area contributed by atoms with E-state index in [1.165, 1.54) is 19.5 Å². The lowest BCUT2D eigenvalue weighted by molar-refractivity contribution is -0.0674. The second-order valence-corrected chi connectivity index (χ2v) is 7.57. The Hall–Kier alpha value is -0.0400. The van der Waals surface area contributed by atoms with E-state index in [9.17, 15) is 0 Å². The molecular weight excluding hydrogens is 170 g/mol. The fourth-order valence-corrected chi connectivity index (χ4v) is 2.74. The Labute approximate surface area is 89.9 Å². The predicted molar refractivity (Wildman–Crippen MR) is 63.5 cm³/mol. The number of hydrogen-bond acceptors (Lipinski definition) is 1. The molecule has 0 amide bonds. The molecule has 1 heterocycles. The minimum atomic E-state index is 0.359. The second kappa shape index (κ2) is 3.23. The number of nitrogens with zero attached hydrogens (tertiary/aromatic N) is 1. The van der Waals surface area contributed by atoms with Gasteiger partial charge in [-0.25, -0.2) is 0 Å². The SMILES string of the molecule is CC(C)(C)CC1(C)CN(C(C)(C)C)C1. The highest BCUT2D eigenvalue weighted by Gasteiger charge is 2.44. The van der Waals surface area contributed by atoms with E-state index < -0.39 is 0 Å². The summed E-state index contributed by atoms with van der Waals surface area (Å²) < 4.78 is 0. The van der Waals surface area contributed by atoms with E-state index >= 15 is 0 Å². The van der Waals surface area contributed by atoms with Crippen LogP contribution in [0.1, 0.15) is 54.9 Å². The van der Waals surface area contributed by atoms with Gasteiger partial charge < -0.3 is 0 Å². The smallest absolute Gasteiger partial charge is 0.0125 e. The van der Waals surface area contributed by atoms with E-state index in [-0.39, 0.29) is 0 Å². The van der Waals surface area contributed by atoms with Crippen molar-refractivity contribution in [3.05, 3.63) is 0 Å². The van der Waals surface area contributed by atoms with Crippen molar-refractivity contribution < 1.29 is 0 Å². The summed E-state index contributed by atoms with van der Waals surface area (Å²) in [6.07, 6.45) is 1.34. The maximum absolute atomic E-state index is 2.58. The lowest BCUT2D eigenvalue weighted by Crippen LogP contribution is -2.62. The Morgan fingerprint density at radius 2 is 1.43 bits per heavy atom. The standard InChI is InChI=1S/C13H27N/c1-11(2,3)8-13(7)9-14(10-13)12(4,5)6/h8-10H2,1-7H3. The summed E-state index contributed by atoms with van der Waals surface area (Å²) in [6, 6.07) is 0. The number of likely N-dealkylation sites (tertiary alicyclic amines) is 1. The van der Waals surface area contributed by atoms with Gasteiger partial charge in [0.1, 0.15) is 0 Å². The summed E-state index contributed by atoms with van der Waals surface area (Å²) in [5, 5.41) is 0. The molecule has 1 saturated heterocycles. The molecule has 0 N–H and O–H groups in total. The number of hydrogen-bond donors (Lipinski definition) is 0. The van der Waals surface area contributed by atoms with Crippen LogP contribution in [0.4, 0.5) is 0 Å². The summed E-state index contributed by atoms with van der Waals surface area (Å²) in [5.41, 5.74) is 1.39. The van der Waals surface area contributed by atoms with Gasteiger partial charge in [-0.05, 0) is 38.0 Å². The molecule has 1 nitrogen and oxygen atoms in total. The van der Waals surface area contributed by atoms with Crippen LogP contribution in [0.5, 0.6) is 0 Å². The Bertz CT molecular complexity index is 198. The van der Waals surface area contributed by atoms with Crippen LogP contribution >= 0.6 is 0 Å². The van der Waals surface area contributed by atoms with Crippen LogP contribution < -0.4 is 0 Å². The van der Waals surface area contributed by atoms with Crippen molar-refractivity contribution in [3.63, 3.8) is 0 Å². The van der Waals surface area contributed by atoms with Crippen molar-refractivity contribution in [2.45, 2.75) is 60.4 Å². The molecule has 1 aliphatic rings. The van der Waals surface area contributed by atoms with Crippen molar-refractivity contribution >= 4 is 0 Å². The van der Waals surface area contributed by atoms with E-state index in [4.69, 9.17) is 0 Å². The summed E-state index contributed by atoms with van der Waals surface area (Å²) in [7, 11) is 0. The van der Waals surface area contributed by atoms with Gasteiger partial charge in [0.05, 0.1) is 0 Å². The van der Waals surface area contributed by atoms with Gasteiger partial charge in [0.2, 0.25) is 0 Å². The van der Waals surface area contributed by atoms with E-state index in [1.54, 1.807) is 0 Å². The van der Waals surface area contributed by atoms with Gasteiger partial charge >= 0.3 is 0 Å². The van der Waals surface area contributed by atoms with Crippen molar-refractivity contribution in [3.8, 4) is 0 Å². The normalized spacial score (nSPS) is 23.4. The zero-order chi connectivity index (χ0) is 11.2. The molecule has 0 spiro atoms. The summed E-state index contributed by atoms with van der Waals surface area (Å²) in [5.74, 6) is 0. The molecule has 0 bridgehead atoms. The van der Waals surface area contributed by atoms with E-state index in [0.29, 0.717) is 16.4 Å². The first kappa shape index (κ1) is 12.0. The Balaban J connectivity index is 2.46. The topological polar surface area (TPSA) is 3.24 Å². The first-order chi connectivity index (χ1) is 6.02. The van der Waals surface area contributed by atoms with Crippen LogP contribution in [0.2, 0.25) is 0 Å². The minimum Gasteiger partial charge on any atom is -0.297 e. The molecule has 0 aromatic rings. The zero-order valence-electron chi connectivity index (χ0n) is 11.1. The lowest BCUT2D eigenvalue weighted by Gasteiger charge is -2.56. The van der Waals surface area contributed by atoms with Gasteiger partial charge in [-0.15, -0.1) is 0 Å². The van der Waals surface area contributed by atoms with E-state index in [0.717, 1.165) is 0 Å². The van der Waals surface area contributed by atoms with Crippen LogP contribution in [0.3, 0.4) is 0 Å². The molecule has 1 heteroatoms. The van der Waals surface area contributed by atoms with Gasteiger partial charge in [-0.1, -0.05) is 27.7 Å². The molecular formula is C13H27N. The first-order valence-electron chi connectivity index (χ1n) is 5.77. The molecule has 0 atom stereocenters. The van der Waals surface area contributed by atoms with Crippen molar-refractivity contribution in [2.75, 3.05) is 13.1 Å². The predicted octanol–water partition coefficient (Wildman–Crippen LogP) is 3.54. The summed E-state index contributed by atoms with van der Waals surface area (Å²) >= 11 is 0. The molecule has 1 rings (SSSR count). The molecule has 1 aliphatic heterocycles. The van der Waals surface area contributed by atoms with E-state index in [1.807, 2.05) is 0 Å². The summed E-state index contributed by atoms with van der Waals surface area (Å²) in [6.45, 7) is 18.9. The second-order valence-electron chi connectivity index (χ2n) is 7.57. The van der Waals surface area contributed by atoms with E-state index in [2.05, 4.69) is 53.4 Å². The highest BCUT2D eigenvalue weighted by atomic mass is 15.3. The molecule has 0 aromatic heterocycles. The monoisotopic (exact) mass is 197 g/mol. The van der Waals surface area contributed by atoms with Gasteiger partial charge in [0.15, 0.2) is 0 Å². The largest absolute Gasteiger partial charge is 0.297 e. The molecule has 0 unspecified atom stereocenters. The Morgan fingerprint density at radius 3 is 1.71 bits per heavy atom. The average molecular weight is 197 g/mol. The first-order valence-corrected chi connectivity index (χ1v) is 5.77. The van der Waals surface area contributed by atoms with Gasteiger partial charge in [-0.3, -0.25) is 4.90 Å². The minimum absolute atomic E-state index is 0.359. The van der Waals surface area contributed by atoms with Crippen LogP contribution in [0.15, 0.2) is 0 Å². The quantitative estimate of drug-likeness (QED) is 0.621. The van der Waals surface area contributed by atoms with Gasteiger partial charge in [-0.2, -0.15) is 0 Å². The average Bonchev–Trinajstić information content (AvgIpc) is 1.75. The fraction of sp³-hybridized carbons (Fsp3) is 1.00. The molecule has 84 valence electrons. The van der Waals surface area contributed by atoms with Crippen molar-refractivity contribution in [1.82, 2.24) is 4.90 Å². The van der Waals surface area contributed by atoms with Crippen molar-refractivity contribution in [1.29, 1.82) is 0 Å². The van der Waals surface area contributed by atoms with Gasteiger partial charge in [0.25, 0.3) is 0 Å². The van der Waals surface area contributed by atoms with Crippen LogP contribution in [0, 0.1) is 10.8 Å². The number of rotatable bonds is 1. The highest BCUT2D eigenvalue weighted by molar-refractivity contribution is 4.98. The Morgan fingerprint density at radius 1 is 1.00 bits per heavy atom. The van der Waals surface area contributed by atoms with Gasteiger partial charge in [0, 0.05) is 18.6 Å². The van der Waals surface area contributed by atoms with Crippen LogP contribution in [0.25, 0.3) is 0 Å². The highest BCUT2D eigenvalue weighted by Crippen LogP contribution is 2.43. The third-order valence-electron chi connectivity index (χ3n) is 3.05. The molecule has 0 saturated carbocycles. The third-order valence-corrected chi connectivity index (χ3v) is 3.05. The molecule has 1 fully saturated rings. The Kier molecular flexibility index (Phi) is 2.78. The molecule has 0 aliphatic carbocycles. The molecule has 0 aromatic carbocycles. The lowest BCUT2D eigenvalue weighted by atomic mass is 9.69. The maximum Gasteiger partial charge on any atom is 0.0125 e. The van der Waals surface area contributed by atoms with Crippen LogP contribution in [-0.4, -0.2) is 23.5 Å². The molecule has 14 heavy (non-hydrogen) atoms. The molecule has 0 radical (unpaired) electrons. The summed E-state index contributed by atoms with van der Waals surface area (Å²) in [4.78, 5) is 2.58. The van der Waals surface area contributed by atoms with Crippen LogP contribution in [-0.2, 0) is 0 Å². The zero-order valence-corrected chi connectivity index (χ0v) is 11.1.